The molecule has 0 radical (unpaired) electrons. The summed E-state index contributed by atoms with van der Waals surface area (Å²) in [5.74, 6) is 0.501. The molecule has 1 nitrogen and oxygen atoms in total. The number of hydrogen-bond acceptors (Lipinski definition) is 1. The highest BCUT2D eigenvalue weighted by Gasteiger charge is 2.23. The fourth-order valence-corrected chi connectivity index (χ4v) is 5.70. The average molecular weight is 347 g/mol. The van der Waals surface area contributed by atoms with E-state index in [9.17, 15) is 0 Å². The Hall–Kier alpha value is -2.11. The van der Waals surface area contributed by atoms with Crippen molar-refractivity contribution in [1.29, 1.82) is 0 Å². The van der Waals surface area contributed by atoms with Gasteiger partial charge in [0.1, 0.15) is 0 Å². The van der Waals surface area contributed by atoms with Crippen molar-refractivity contribution in [3.05, 3.63) is 90.0 Å². The zero-order valence-corrected chi connectivity index (χ0v) is 16.4. The minimum Gasteiger partial charge on any atom is -0.346 e. The lowest BCUT2D eigenvalue weighted by molar-refractivity contribution is 0.863. The topological polar surface area (TPSA) is 3.24 Å². The Bertz CT molecular complexity index is 773. The van der Waals surface area contributed by atoms with E-state index in [4.69, 9.17) is 0 Å². The molecule has 3 aromatic carbocycles. The molecule has 0 aliphatic heterocycles. The van der Waals surface area contributed by atoms with Crippen molar-refractivity contribution < 1.29 is 0 Å². The minimum absolute atomic E-state index is 0.501. The molecule has 0 amide bonds. The van der Waals surface area contributed by atoms with Crippen molar-refractivity contribution in [2.75, 3.05) is 11.7 Å². The van der Waals surface area contributed by atoms with Crippen molar-refractivity contribution in [3.8, 4) is 0 Å². The van der Waals surface area contributed by atoms with Crippen LogP contribution in [0.15, 0.2) is 78.9 Å². The second kappa shape index (κ2) is 7.85. The first kappa shape index (κ1) is 17.7. The molecule has 25 heavy (non-hydrogen) atoms. The largest absolute Gasteiger partial charge is 0.346 e. The van der Waals surface area contributed by atoms with Gasteiger partial charge in [-0.2, -0.15) is 0 Å². The number of hydrogen-bond donors (Lipinski definition) is 0. The Morgan fingerprint density at radius 1 is 0.720 bits per heavy atom. The highest BCUT2D eigenvalue weighted by molar-refractivity contribution is 7.74. The summed E-state index contributed by atoms with van der Waals surface area (Å²) in [6.45, 7) is 6.78. The van der Waals surface area contributed by atoms with Crippen molar-refractivity contribution >= 4 is 24.4 Å². The standard InChI is InChI=1S/C23H26NP/c1-18(2)22-17-11-12-19(3)23(22)24(4)25(20-13-7-5-8-14-20)21-15-9-6-10-16-21/h5-18H,1-4H3. The molecule has 0 aliphatic rings. The van der Waals surface area contributed by atoms with Gasteiger partial charge in [0.15, 0.2) is 0 Å². The van der Waals surface area contributed by atoms with Crippen LogP contribution in [0, 0.1) is 6.92 Å². The van der Waals surface area contributed by atoms with Crippen LogP contribution in [-0.4, -0.2) is 7.05 Å². The summed E-state index contributed by atoms with van der Waals surface area (Å²) in [6, 6.07) is 28.4. The molecule has 0 fully saturated rings. The maximum Gasteiger partial charge on any atom is 0.0547 e. The van der Waals surface area contributed by atoms with Crippen LogP contribution in [0.5, 0.6) is 0 Å². The van der Waals surface area contributed by atoms with Crippen LogP contribution in [0.2, 0.25) is 0 Å². The maximum absolute atomic E-state index is 2.50. The van der Waals surface area contributed by atoms with Crippen molar-refractivity contribution in [3.63, 3.8) is 0 Å². The molecule has 0 saturated heterocycles. The number of aryl methyl sites for hydroxylation is 1. The Balaban J connectivity index is 2.15. The summed E-state index contributed by atoms with van der Waals surface area (Å²) < 4.78 is 2.50. The van der Waals surface area contributed by atoms with E-state index in [1.165, 1.54) is 27.4 Å². The lowest BCUT2D eigenvalue weighted by Crippen LogP contribution is -2.26. The molecule has 128 valence electrons. The van der Waals surface area contributed by atoms with E-state index in [-0.39, 0.29) is 0 Å². The van der Waals surface area contributed by atoms with Gasteiger partial charge in [0.2, 0.25) is 0 Å². The van der Waals surface area contributed by atoms with Gasteiger partial charge in [-0.15, -0.1) is 0 Å². The molecule has 3 rings (SSSR count). The number of para-hydroxylation sites is 1. The van der Waals surface area contributed by atoms with E-state index >= 15 is 0 Å². The van der Waals surface area contributed by atoms with Crippen LogP contribution in [0.3, 0.4) is 0 Å². The van der Waals surface area contributed by atoms with E-state index in [2.05, 4.69) is 111 Å². The fraction of sp³-hybridized carbons (Fsp3) is 0.217. The number of rotatable bonds is 5. The van der Waals surface area contributed by atoms with Crippen molar-refractivity contribution in [2.45, 2.75) is 26.7 Å². The van der Waals surface area contributed by atoms with Gasteiger partial charge in [-0.05, 0) is 24.0 Å². The second-order valence-corrected chi connectivity index (χ2v) is 8.93. The molecule has 0 aromatic heterocycles. The summed E-state index contributed by atoms with van der Waals surface area (Å²) in [7, 11) is 1.64. The van der Waals surface area contributed by atoms with Crippen LogP contribution in [-0.2, 0) is 0 Å². The smallest absolute Gasteiger partial charge is 0.0547 e. The Kier molecular flexibility index (Phi) is 5.56. The third-order valence-corrected chi connectivity index (χ3v) is 6.89. The van der Waals surface area contributed by atoms with E-state index in [1.54, 1.807) is 0 Å². The highest BCUT2D eigenvalue weighted by Crippen LogP contribution is 2.44. The predicted octanol–water partition coefficient (Wildman–Crippen LogP) is 5.60. The monoisotopic (exact) mass is 347 g/mol. The summed E-state index contributed by atoms with van der Waals surface area (Å²) in [5.41, 5.74) is 4.13. The van der Waals surface area contributed by atoms with Crippen LogP contribution in [0.25, 0.3) is 0 Å². The molecule has 0 saturated carbocycles. The van der Waals surface area contributed by atoms with Crippen LogP contribution in [0.1, 0.15) is 30.9 Å². The maximum atomic E-state index is 2.50. The molecule has 2 heteroatoms. The molecule has 0 aliphatic carbocycles. The predicted molar refractivity (Wildman–Crippen MR) is 113 cm³/mol. The van der Waals surface area contributed by atoms with Crippen LogP contribution in [0.4, 0.5) is 5.69 Å². The first-order valence-corrected chi connectivity index (χ1v) is 10.1. The zero-order chi connectivity index (χ0) is 17.8. The van der Waals surface area contributed by atoms with Gasteiger partial charge in [0.05, 0.1) is 8.07 Å². The van der Waals surface area contributed by atoms with E-state index < -0.39 is 8.07 Å². The Labute approximate surface area is 153 Å². The number of benzene rings is 3. The third-order valence-electron chi connectivity index (χ3n) is 4.52. The van der Waals surface area contributed by atoms with Gasteiger partial charge in [-0.3, -0.25) is 0 Å². The van der Waals surface area contributed by atoms with Crippen molar-refractivity contribution in [2.24, 2.45) is 0 Å². The van der Waals surface area contributed by atoms with Crippen LogP contribution >= 0.6 is 8.07 Å². The van der Waals surface area contributed by atoms with Gasteiger partial charge in [0.25, 0.3) is 0 Å². The zero-order valence-electron chi connectivity index (χ0n) is 15.5. The summed E-state index contributed by atoms with van der Waals surface area (Å²) in [4.78, 5) is 0. The Morgan fingerprint density at radius 3 is 1.72 bits per heavy atom. The first-order chi connectivity index (χ1) is 12.1. The van der Waals surface area contributed by atoms with Crippen LogP contribution < -0.4 is 15.3 Å². The quantitative estimate of drug-likeness (QED) is 0.543. The molecule has 0 spiro atoms. The van der Waals surface area contributed by atoms with Gasteiger partial charge in [0, 0.05) is 23.3 Å². The molecule has 0 N–H and O–H groups in total. The normalized spacial score (nSPS) is 11.1. The molecule has 0 bridgehead atoms. The second-order valence-electron chi connectivity index (χ2n) is 6.67. The van der Waals surface area contributed by atoms with Gasteiger partial charge in [-0.1, -0.05) is 92.7 Å². The lowest BCUT2D eigenvalue weighted by Gasteiger charge is -2.34. The van der Waals surface area contributed by atoms with Gasteiger partial charge in [-0.25, -0.2) is 0 Å². The van der Waals surface area contributed by atoms with E-state index in [0.29, 0.717) is 5.92 Å². The first-order valence-electron chi connectivity index (χ1n) is 8.83. The lowest BCUT2D eigenvalue weighted by atomic mass is 9.98. The molecular formula is C23H26NP. The average Bonchev–Trinajstić information content (AvgIpc) is 2.63. The van der Waals surface area contributed by atoms with Gasteiger partial charge < -0.3 is 4.67 Å². The summed E-state index contributed by atoms with van der Waals surface area (Å²) in [5, 5.41) is 2.76. The molecule has 3 aromatic rings. The minimum atomic E-state index is -0.612. The Morgan fingerprint density at radius 2 is 1.24 bits per heavy atom. The molecular weight excluding hydrogens is 321 g/mol. The van der Waals surface area contributed by atoms with Crippen molar-refractivity contribution in [1.82, 2.24) is 0 Å². The van der Waals surface area contributed by atoms with E-state index in [1.807, 2.05) is 0 Å². The van der Waals surface area contributed by atoms with E-state index in [0.717, 1.165) is 0 Å². The molecule has 0 heterocycles. The fourth-order valence-electron chi connectivity index (χ4n) is 3.32. The SMILES string of the molecule is Cc1cccc(C(C)C)c1N(C)P(c1ccccc1)c1ccccc1. The summed E-state index contributed by atoms with van der Waals surface area (Å²) >= 11 is 0. The molecule has 0 unspecified atom stereocenters. The van der Waals surface area contributed by atoms with Gasteiger partial charge >= 0.3 is 0 Å². The summed E-state index contributed by atoms with van der Waals surface area (Å²) in [6.07, 6.45) is 0. The highest BCUT2D eigenvalue weighted by atomic mass is 31.1. The third kappa shape index (κ3) is 3.78. The number of anilines is 1. The number of nitrogens with zero attached hydrogens (tertiary/aromatic N) is 1. The molecule has 0 atom stereocenters.